The summed E-state index contributed by atoms with van der Waals surface area (Å²) >= 11 is 16.0. The standard InChI is InChI=1S/C12H6BrClN2OS2/c13-8-5-6(1-2-9(8)14)16-11(17)7-3-4-19-10(7)15-12(16)18/h1-5H,(H,15,18). The minimum atomic E-state index is -0.130. The molecule has 0 fully saturated rings. The van der Waals surface area contributed by atoms with Gasteiger partial charge in [-0.05, 0) is 57.8 Å². The molecular formula is C12H6BrClN2OS2. The van der Waals surface area contributed by atoms with Crippen molar-refractivity contribution in [2.45, 2.75) is 0 Å². The molecule has 3 nitrogen and oxygen atoms in total. The van der Waals surface area contributed by atoms with Gasteiger partial charge in [-0.25, -0.2) is 0 Å². The van der Waals surface area contributed by atoms with Gasteiger partial charge >= 0.3 is 0 Å². The molecule has 3 aromatic rings. The molecule has 0 unspecified atom stereocenters. The number of halogens is 2. The molecule has 0 amide bonds. The average Bonchev–Trinajstić information content (AvgIpc) is 2.82. The Bertz CT molecular complexity index is 897. The first-order valence-corrected chi connectivity index (χ1v) is 7.72. The van der Waals surface area contributed by atoms with E-state index in [0.717, 1.165) is 9.30 Å². The Labute approximate surface area is 130 Å². The van der Waals surface area contributed by atoms with E-state index in [4.69, 9.17) is 23.8 Å². The number of hydrogen-bond donors (Lipinski definition) is 1. The minimum Gasteiger partial charge on any atom is -0.323 e. The van der Waals surface area contributed by atoms with Crippen LogP contribution < -0.4 is 5.56 Å². The second-order valence-electron chi connectivity index (χ2n) is 3.83. The van der Waals surface area contributed by atoms with Crippen molar-refractivity contribution in [1.29, 1.82) is 0 Å². The van der Waals surface area contributed by atoms with Crippen LogP contribution in [0, 0.1) is 4.77 Å². The molecule has 0 spiro atoms. The molecule has 0 radical (unpaired) electrons. The highest BCUT2D eigenvalue weighted by Gasteiger charge is 2.09. The van der Waals surface area contributed by atoms with Crippen LogP contribution in [0.25, 0.3) is 15.9 Å². The molecule has 7 heteroatoms. The monoisotopic (exact) mass is 372 g/mol. The van der Waals surface area contributed by atoms with E-state index in [1.807, 2.05) is 5.38 Å². The van der Waals surface area contributed by atoms with E-state index in [-0.39, 0.29) is 5.56 Å². The minimum absolute atomic E-state index is 0.130. The SMILES string of the molecule is O=c1c2ccsc2[nH]c(=S)n1-c1ccc(Cl)c(Br)c1. The quantitative estimate of drug-likeness (QED) is 0.637. The molecule has 1 aromatic carbocycles. The van der Waals surface area contributed by atoms with Crippen molar-refractivity contribution in [2.75, 3.05) is 0 Å². The van der Waals surface area contributed by atoms with Crippen molar-refractivity contribution in [2.24, 2.45) is 0 Å². The van der Waals surface area contributed by atoms with E-state index >= 15 is 0 Å². The lowest BCUT2D eigenvalue weighted by Crippen LogP contribution is -2.19. The van der Waals surface area contributed by atoms with E-state index in [2.05, 4.69) is 20.9 Å². The first-order chi connectivity index (χ1) is 9.08. The number of nitrogens with one attached hydrogen (secondary N) is 1. The maximum atomic E-state index is 12.4. The highest BCUT2D eigenvalue weighted by molar-refractivity contribution is 9.10. The molecule has 2 heterocycles. The fourth-order valence-electron chi connectivity index (χ4n) is 1.80. The van der Waals surface area contributed by atoms with Crippen LogP contribution in [-0.2, 0) is 0 Å². The zero-order valence-electron chi connectivity index (χ0n) is 9.31. The van der Waals surface area contributed by atoms with Gasteiger partial charge in [0.25, 0.3) is 5.56 Å². The van der Waals surface area contributed by atoms with Crippen LogP contribution in [-0.4, -0.2) is 9.55 Å². The van der Waals surface area contributed by atoms with Gasteiger partial charge in [-0.15, -0.1) is 11.3 Å². The first kappa shape index (κ1) is 13.1. The van der Waals surface area contributed by atoms with Crippen molar-refractivity contribution < 1.29 is 0 Å². The van der Waals surface area contributed by atoms with Gasteiger partial charge < -0.3 is 4.98 Å². The molecule has 3 rings (SSSR count). The Hall–Kier alpha value is -0.950. The largest absolute Gasteiger partial charge is 0.323 e. The van der Waals surface area contributed by atoms with E-state index in [1.165, 1.54) is 15.9 Å². The summed E-state index contributed by atoms with van der Waals surface area (Å²) in [5, 5.41) is 3.08. The summed E-state index contributed by atoms with van der Waals surface area (Å²) in [7, 11) is 0. The normalized spacial score (nSPS) is 11.1. The third-order valence-electron chi connectivity index (χ3n) is 2.68. The molecule has 2 aromatic heterocycles. The van der Waals surface area contributed by atoms with E-state index < -0.39 is 0 Å². The van der Waals surface area contributed by atoms with Crippen LogP contribution in [0.4, 0.5) is 0 Å². The number of fused-ring (bicyclic) bond motifs is 1. The number of aromatic nitrogens is 2. The Morgan fingerprint density at radius 2 is 2.16 bits per heavy atom. The molecule has 19 heavy (non-hydrogen) atoms. The van der Waals surface area contributed by atoms with Gasteiger partial charge in [-0.3, -0.25) is 9.36 Å². The third kappa shape index (κ3) is 2.18. The molecule has 96 valence electrons. The second kappa shape index (κ2) is 4.86. The van der Waals surface area contributed by atoms with Crippen molar-refractivity contribution in [3.63, 3.8) is 0 Å². The fraction of sp³-hybridized carbons (Fsp3) is 0. The number of aromatic amines is 1. The average molecular weight is 374 g/mol. The Balaban J connectivity index is 2.38. The summed E-state index contributed by atoms with van der Waals surface area (Å²) in [4.78, 5) is 16.3. The summed E-state index contributed by atoms with van der Waals surface area (Å²) in [5.41, 5.74) is 0.546. The van der Waals surface area contributed by atoms with Crippen LogP contribution in [0.5, 0.6) is 0 Å². The fourth-order valence-corrected chi connectivity index (χ4v) is 3.42. The zero-order valence-corrected chi connectivity index (χ0v) is 13.3. The smallest absolute Gasteiger partial charge is 0.267 e. The third-order valence-corrected chi connectivity index (χ3v) is 5.01. The van der Waals surface area contributed by atoms with Gasteiger partial charge in [0.15, 0.2) is 4.77 Å². The van der Waals surface area contributed by atoms with Crippen molar-refractivity contribution >= 4 is 61.3 Å². The second-order valence-corrected chi connectivity index (χ2v) is 6.40. The lowest BCUT2D eigenvalue weighted by atomic mass is 10.3. The number of hydrogen-bond acceptors (Lipinski definition) is 3. The molecule has 0 atom stereocenters. The lowest BCUT2D eigenvalue weighted by molar-refractivity contribution is 0.942. The number of benzene rings is 1. The molecule has 0 aliphatic rings. The van der Waals surface area contributed by atoms with Gasteiger partial charge in [0.1, 0.15) is 4.83 Å². The number of H-pyrrole nitrogens is 1. The molecular weight excluding hydrogens is 368 g/mol. The highest BCUT2D eigenvalue weighted by Crippen LogP contribution is 2.25. The van der Waals surface area contributed by atoms with Crippen LogP contribution in [0.2, 0.25) is 5.02 Å². The van der Waals surface area contributed by atoms with Crippen LogP contribution >= 0.6 is 51.1 Å². The molecule has 0 saturated carbocycles. The predicted molar refractivity (Wildman–Crippen MR) is 85.3 cm³/mol. The Morgan fingerprint density at radius 3 is 2.89 bits per heavy atom. The Morgan fingerprint density at radius 1 is 1.37 bits per heavy atom. The molecule has 0 aliphatic heterocycles. The summed E-state index contributed by atoms with van der Waals surface area (Å²) < 4.78 is 2.55. The van der Waals surface area contributed by atoms with Gasteiger partial charge in [-0.1, -0.05) is 11.6 Å². The molecule has 1 N–H and O–H groups in total. The van der Waals surface area contributed by atoms with Gasteiger partial charge in [0, 0.05) is 4.47 Å². The van der Waals surface area contributed by atoms with Crippen molar-refractivity contribution in [3.8, 4) is 5.69 Å². The molecule has 0 saturated heterocycles. The van der Waals surface area contributed by atoms with Gasteiger partial charge in [0.2, 0.25) is 0 Å². The van der Waals surface area contributed by atoms with E-state index in [0.29, 0.717) is 20.9 Å². The summed E-state index contributed by atoms with van der Waals surface area (Å²) in [6.07, 6.45) is 0. The summed E-state index contributed by atoms with van der Waals surface area (Å²) in [6.45, 7) is 0. The van der Waals surface area contributed by atoms with E-state index in [1.54, 1.807) is 24.3 Å². The van der Waals surface area contributed by atoms with Gasteiger partial charge in [-0.2, -0.15) is 0 Å². The maximum absolute atomic E-state index is 12.4. The van der Waals surface area contributed by atoms with Crippen molar-refractivity contribution in [1.82, 2.24) is 9.55 Å². The van der Waals surface area contributed by atoms with Crippen molar-refractivity contribution in [3.05, 3.63) is 54.3 Å². The predicted octanol–water partition coefficient (Wildman–Crippen LogP) is 4.53. The van der Waals surface area contributed by atoms with Gasteiger partial charge in [0.05, 0.1) is 16.1 Å². The first-order valence-electron chi connectivity index (χ1n) is 5.26. The zero-order chi connectivity index (χ0) is 13.6. The number of thiophene rings is 1. The lowest BCUT2D eigenvalue weighted by Gasteiger charge is -2.07. The molecule has 0 bridgehead atoms. The number of nitrogens with zero attached hydrogens (tertiary/aromatic N) is 1. The van der Waals surface area contributed by atoms with E-state index in [9.17, 15) is 4.79 Å². The Kier molecular flexibility index (Phi) is 3.34. The maximum Gasteiger partial charge on any atom is 0.267 e. The highest BCUT2D eigenvalue weighted by atomic mass is 79.9. The topological polar surface area (TPSA) is 37.8 Å². The number of rotatable bonds is 1. The van der Waals surface area contributed by atoms with Crippen LogP contribution in [0.1, 0.15) is 0 Å². The summed E-state index contributed by atoms with van der Waals surface area (Å²) in [6, 6.07) is 7.04. The summed E-state index contributed by atoms with van der Waals surface area (Å²) in [5.74, 6) is 0. The molecule has 0 aliphatic carbocycles. The van der Waals surface area contributed by atoms with Crippen LogP contribution in [0.15, 0.2) is 38.9 Å². The van der Waals surface area contributed by atoms with Crippen LogP contribution in [0.3, 0.4) is 0 Å².